The lowest BCUT2D eigenvalue weighted by Gasteiger charge is -2.10. The quantitative estimate of drug-likeness (QED) is 0.715. The number of aromatic nitrogens is 3. The van der Waals surface area contributed by atoms with Crippen LogP contribution in [-0.2, 0) is 0 Å². The zero-order chi connectivity index (χ0) is 15.5. The summed E-state index contributed by atoms with van der Waals surface area (Å²) in [4.78, 5) is 12.6. The molecule has 3 aromatic rings. The van der Waals surface area contributed by atoms with Gasteiger partial charge in [0.15, 0.2) is 5.76 Å². The van der Waals surface area contributed by atoms with Crippen molar-refractivity contribution in [1.82, 2.24) is 15.0 Å². The third-order valence-corrected chi connectivity index (χ3v) is 3.09. The van der Waals surface area contributed by atoms with Crippen LogP contribution in [0.5, 0.6) is 6.01 Å². The number of pyridine rings is 1. The van der Waals surface area contributed by atoms with Crippen LogP contribution in [0.1, 0.15) is 5.56 Å². The number of hydrogen-bond acceptors (Lipinski definition) is 7. The fourth-order valence-corrected chi connectivity index (χ4v) is 2.04. The van der Waals surface area contributed by atoms with E-state index in [0.29, 0.717) is 28.3 Å². The summed E-state index contributed by atoms with van der Waals surface area (Å²) in [5.74, 6) is 0.821. The van der Waals surface area contributed by atoms with Crippen molar-refractivity contribution in [2.24, 2.45) is 0 Å². The number of nitrogen functional groups attached to an aromatic ring is 1. The number of nitrogens with one attached hydrogen (secondary N) is 1. The van der Waals surface area contributed by atoms with E-state index in [9.17, 15) is 0 Å². The van der Waals surface area contributed by atoms with E-state index in [1.165, 1.54) is 7.11 Å². The first-order valence-electron chi connectivity index (χ1n) is 6.45. The molecule has 0 saturated carbocycles. The number of rotatable bonds is 4. The summed E-state index contributed by atoms with van der Waals surface area (Å²) < 4.78 is 10.5. The number of anilines is 1. The van der Waals surface area contributed by atoms with Crippen LogP contribution in [0.15, 0.2) is 41.1 Å². The summed E-state index contributed by atoms with van der Waals surface area (Å²) in [5.41, 5.74) is 8.22. The Bertz CT molecular complexity index is 815. The van der Waals surface area contributed by atoms with Crippen LogP contribution in [0, 0.1) is 5.41 Å². The summed E-state index contributed by atoms with van der Waals surface area (Å²) in [6.07, 6.45) is 4.30. The monoisotopic (exact) mass is 295 g/mol. The van der Waals surface area contributed by atoms with Gasteiger partial charge in [-0.05, 0) is 24.3 Å². The van der Waals surface area contributed by atoms with E-state index in [2.05, 4.69) is 15.0 Å². The van der Waals surface area contributed by atoms with Gasteiger partial charge >= 0.3 is 6.01 Å². The van der Waals surface area contributed by atoms with E-state index >= 15 is 0 Å². The minimum atomic E-state index is 0.246. The number of nitrogens with two attached hydrogens (primary N) is 1. The van der Waals surface area contributed by atoms with E-state index in [1.807, 2.05) is 0 Å². The van der Waals surface area contributed by atoms with Gasteiger partial charge in [-0.25, -0.2) is 9.97 Å². The zero-order valence-corrected chi connectivity index (χ0v) is 11.8. The Morgan fingerprint density at radius 2 is 2.18 bits per heavy atom. The average Bonchev–Trinajstić information content (AvgIpc) is 3.09. The Morgan fingerprint density at radius 1 is 1.32 bits per heavy atom. The lowest BCUT2D eigenvalue weighted by atomic mass is 10.1. The maximum absolute atomic E-state index is 7.44. The second-order valence-corrected chi connectivity index (χ2v) is 4.41. The van der Waals surface area contributed by atoms with Gasteiger partial charge in [0.2, 0.25) is 0 Å². The molecule has 7 heteroatoms. The second-order valence-electron chi connectivity index (χ2n) is 4.41. The molecule has 0 fully saturated rings. The molecule has 3 N–H and O–H groups in total. The predicted octanol–water partition coefficient (Wildman–Crippen LogP) is 2.39. The molecule has 7 nitrogen and oxygen atoms in total. The molecule has 0 aliphatic rings. The van der Waals surface area contributed by atoms with Crippen LogP contribution < -0.4 is 10.5 Å². The van der Waals surface area contributed by atoms with Crippen molar-refractivity contribution in [3.63, 3.8) is 0 Å². The molecule has 3 heterocycles. The Balaban J connectivity index is 2.25. The van der Waals surface area contributed by atoms with Gasteiger partial charge in [-0.1, -0.05) is 0 Å². The van der Waals surface area contributed by atoms with Gasteiger partial charge in [0.25, 0.3) is 0 Å². The van der Waals surface area contributed by atoms with Crippen LogP contribution >= 0.6 is 0 Å². The molecule has 0 aliphatic carbocycles. The normalized spacial score (nSPS) is 10.4. The largest absolute Gasteiger partial charge is 0.467 e. The minimum Gasteiger partial charge on any atom is -0.467 e. The van der Waals surface area contributed by atoms with Crippen LogP contribution in [0.2, 0.25) is 0 Å². The van der Waals surface area contributed by atoms with Crippen molar-refractivity contribution in [2.45, 2.75) is 0 Å². The summed E-state index contributed by atoms with van der Waals surface area (Å²) >= 11 is 0. The van der Waals surface area contributed by atoms with Crippen molar-refractivity contribution in [3.8, 4) is 28.7 Å². The van der Waals surface area contributed by atoms with Crippen molar-refractivity contribution in [1.29, 1.82) is 5.41 Å². The summed E-state index contributed by atoms with van der Waals surface area (Å²) in [6, 6.07) is 7.27. The Morgan fingerprint density at radius 3 is 2.86 bits per heavy atom. The molecule has 3 aromatic heterocycles. The minimum absolute atomic E-state index is 0.246. The third kappa shape index (κ3) is 2.39. The van der Waals surface area contributed by atoms with Gasteiger partial charge in [0, 0.05) is 23.5 Å². The Kier molecular flexibility index (Phi) is 3.53. The van der Waals surface area contributed by atoms with Gasteiger partial charge in [-0.3, -0.25) is 0 Å². The van der Waals surface area contributed by atoms with E-state index in [1.54, 1.807) is 36.7 Å². The molecule has 0 bridgehead atoms. The van der Waals surface area contributed by atoms with E-state index in [0.717, 1.165) is 6.21 Å². The lowest BCUT2D eigenvalue weighted by Crippen LogP contribution is -2.02. The summed E-state index contributed by atoms with van der Waals surface area (Å²) in [6.45, 7) is 0. The highest BCUT2D eigenvalue weighted by Crippen LogP contribution is 2.32. The number of nitrogens with zero attached hydrogens (tertiary/aromatic N) is 3. The fourth-order valence-electron chi connectivity index (χ4n) is 2.04. The van der Waals surface area contributed by atoms with Gasteiger partial charge in [-0.15, -0.1) is 0 Å². The second kappa shape index (κ2) is 5.65. The summed E-state index contributed by atoms with van der Waals surface area (Å²) in [5, 5.41) is 7.44. The smallest absolute Gasteiger partial charge is 0.316 e. The number of ether oxygens (including phenoxy) is 1. The number of hydrogen-bond donors (Lipinski definition) is 2. The van der Waals surface area contributed by atoms with Crippen LogP contribution in [0.3, 0.4) is 0 Å². The first-order chi connectivity index (χ1) is 10.7. The standard InChI is InChI=1S/C15H13N5O2/c1-21-15-18-5-4-11(19-15)10-7-9(8-16)14(17)20-13(10)12-3-2-6-22-12/h2-8,16H,1H3,(H2,17,20). The fraction of sp³-hybridized carbons (Fsp3) is 0.0667. The molecule has 22 heavy (non-hydrogen) atoms. The molecule has 3 rings (SSSR count). The molecular formula is C15H13N5O2. The number of methoxy groups -OCH3 is 1. The Hall–Kier alpha value is -3.22. The molecule has 110 valence electrons. The SMILES string of the molecule is COc1nccc(-c2cc(C=N)c(N)nc2-c2ccco2)n1. The number of furan rings is 1. The third-order valence-electron chi connectivity index (χ3n) is 3.09. The molecule has 0 radical (unpaired) electrons. The molecule has 0 atom stereocenters. The van der Waals surface area contributed by atoms with Crippen molar-refractivity contribution in [3.05, 3.63) is 42.3 Å². The maximum Gasteiger partial charge on any atom is 0.316 e. The molecule has 0 aliphatic heterocycles. The predicted molar refractivity (Wildman–Crippen MR) is 81.8 cm³/mol. The molecular weight excluding hydrogens is 282 g/mol. The average molecular weight is 295 g/mol. The van der Waals surface area contributed by atoms with Gasteiger partial charge in [0.1, 0.15) is 11.5 Å². The Labute approximate surface area is 126 Å². The van der Waals surface area contributed by atoms with E-state index in [4.69, 9.17) is 20.3 Å². The van der Waals surface area contributed by atoms with Crippen LogP contribution in [-0.4, -0.2) is 28.3 Å². The van der Waals surface area contributed by atoms with E-state index < -0.39 is 0 Å². The highest BCUT2D eigenvalue weighted by atomic mass is 16.5. The van der Waals surface area contributed by atoms with Crippen LogP contribution in [0.4, 0.5) is 5.82 Å². The maximum atomic E-state index is 7.44. The summed E-state index contributed by atoms with van der Waals surface area (Å²) in [7, 11) is 1.50. The molecule has 0 unspecified atom stereocenters. The van der Waals surface area contributed by atoms with Gasteiger partial charge < -0.3 is 20.3 Å². The van der Waals surface area contributed by atoms with E-state index in [-0.39, 0.29) is 11.8 Å². The topological polar surface area (TPSA) is 111 Å². The van der Waals surface area contributed by atoms with Gasteiger partial charge in [-0.2, -0.15) is 4.98 Å². The van der Waals surface area contributed by atoms with Crippen molar-refractivity contribution in [2.75, 3.05) is 12.8 Å². The highest BCUT2D eigenvalue weighted by molar-refractivity contribution is 5.89. The molecule has 0 saturated heterocycles. The first-order valence-corrected chi connectivity index (χ1v) is 6.45. The van der Waals surface area contributed by atoms with Crippen LogP contribution in [0.25, 0.3) is 22.7 Å². The zero-order valence-electron chi connectivity index (χ0n) is 11.8. The van der Waals surface area contributed by atoms with Crippen molar-refractivity contribution < 1.29 is 9.15 Å². The molecule has 0 aromatic carbocycles. The van der Waals surface area contributed by atoms with Gasteiger partial charge in [0.05, 0.1) is 19.1 Å². The van der Waals surface area contributed by atoms with Crippen molar-refractivity contribution >= 4 is 12.0 Å². The lowest BCUT2D eigenvalue weighted by molar-refractivity contribution is 0.380. The molecule has 0 amide bonds. The highest BCUT2D eigenvalue weighted by Gasteiger charge is 2.16. The first kappa shape index (κ1) is 13.7. The molecule has 0 spiro atoms.